The minimum absolute atomic E-state index is 0.156. The molecule has 0 bridgehead atoms. The molecular weight excluding hydrogens is 425 g/mol. The van der Waals surface area contributed by atoms with Crippen molar-refractivity contribution in [2.24, 2.45) is 0 Å². The van der Waals surface area contributed by atoms with Crippen LogP contribution in [0.2, 0.25) is 0 Å². The number of hydrogen-bond donors (Lipinski definition) is 1. The van der Waals surface area contributed by atoms with Gasteiger partial charge in [-0.25, -0.2) is 9.36 Å². The van der Waals surface area contributed by atoms with E-state index >= 15 is 0 Å². The topological polar surface area (TPSA) is 82.2 Å². The molecule has 164 valence electrons. The van der Waals surface area contributed by atoms with E-state index in [0.29, 0.717) is 17.1 Å². The highest BCUT2D eigenvalue weighted by Gasteiger charge is 2.31. The first-order chi connectivity index (χ1) is 15.2. The molecule has 7 nitrogen and oxygen atoms in total. The van der Waals surface area contributed by atoms with Crippen molar-refractivity contribution in [1.82, 2.24) is 19.1 Å². The summed E-state index contributed by atoms with van der Waals surface area (Å²) in [4.78, 5) is 21.6. The van der Waals surface area contributed by atoms with Crippen LogP contribution in [0.15, 0.2) is 71.8 Å². The Morgan fingerprint density at radius 3 is 2.38 bits per heavy atom. The second-order valence-electron chi connectivity index (χ2n) is 6.92. The van der Waals surface area contributed by atoms with Crippen molar-refractivity contribution < 1.29 is 23.0 Å². The summed E-state index contributed by atoms with van der Waals surface area (Å²) in [6.45, 7) is 1.73. The van der Waals surface area contributed by atoms with Gasteiger partial charge in [0, 0.05) is 12.4 Å². The van der Waals surface area contributed by atoms with E-state index in [1.807, 2.05) is 12.1 Å². The second-order valence-corrected chi connectivity index (χ2v) is 6.92. The normalized spacial score (nSPS) is 11.5. The number of rotatable bonds is 5. The lowest BCUT2D eigenvalue weighted by atomic mass is 10.2. The van der Waals surface area contributed by atoms with E-state index in [2.05, 4.69) is 14.7 Å². The molecule has 3 aromatic heterocycles. The van der Waals surface area contributed by atoms with Crippen molar-refractivity contribution >= 4 is 0 Å². The Balaban J connectivity index is 1.65. The Hall–Kier alpha value is -4.08. The van der Waals surface area contributed by atoms with Gasteiger partial charge in [-0.15, -0.1) is 13.2 Å². The maximum absolute atomic E-state index is 13.0. The van der Waals surface area contributed by atoms with E-state index < -0.39 is 17.8 Å². The Bertz CT molecular complexity index is 1300. The zero-order valence-corrected chi connectivity index (χ0v) is 16.7. The third-order valence-electron chi connectivity index (χ3n) is 4.78. The van der Waals surface area contributed by atoms with Crippen molar-refractivity contribution in [3.05, 3.63) is 88.7 Å². The predicted molar refractivity (Wildman–Crippen MR) is 110 cm³/mol. The molecule has 0 unspecified atom stereocenters. The summed E-state index contributed by atoms with van der Waals surface area (Å²) in [6, 6.07) is 13.7. The molecule has 0 aliphatic heterocycles. The number of hydrogen-bond acceptors (Lipinski definition) is 5. The van der Waals surface area contributed by atoms with E-state index in [-0.39, 0.29) is 18.1 Å². The minimum Gasteiger partial charge on any atom is -0.493 e. The molecule has 3 heterocycles. The molecule has 0 radical (unpaired) electrons. The number of ether oxygens (including phenoxy) is 1. The van der Waals surface area contributed by atoms with Crippen molar-refractivity contribution in [2.75, 3.05) is 0 Å². The van der Waals surface area contributed by atoms with Crippen molar-refractivity contribution in [3.8, 4) is 28.7 Å². The minimum atomic E-state index is -4.82. The molecule has 32 heavy (non-hydrogen) atoms. The maximum atomic E-state index is 13.0. The van der Waals surface area contributed by atoms with E-state index in [1.165, 1.54) is 16.7 Å². The van der Waals surface area contributed by atoms with Crippen LogP contribution < -0.4 is 10.4 Å². The second kappa shape index (κ2) is 8.22. The van der Waals surface area contributed by atoms with Gasteiger partial charge in [-0.3, -0.25) is 14.5 Å². The smallest absolute Gasteiger partial charge is 0.493 e. The predicted octanol–water partition coefficient (Wildman–Crippen LogP) is 4.06. The van der Waals surface area contributed by atoms with Crippen LogP contribution in [0.1, 0.15) is 11.3 Å². The van der Waals surface area contributed by atoms with Crippen LogP contribution in [0.25, 0.3) is 17.1 Å². The SMILES string of the molecule is Cc1c(O)n(-c2ccc(OC(F)(F)F)cc2)c(=O)n1Cc1ccnc(-c2ccccn2)c1. The van der Waals surface area contributed by atoms with Gasteiger partial charge in [0.25, 0.3) is 0 Å². The molecule has 4 aromatic rings. The van der Waals surface area contributed by atoms with Crippen LogP contribution in [0.5, 0.6) is 11.6 Å². The molecule has 0 atom stereocenters. The van der Waals surface area contributed by atoms with Gasteiger partial charge in [-0.2, -0.15) is 0 Å². The van der Waals surface area contributed by atoms with Gasteiger partial charge >= 0.3 is 12.1 Å². The van der Waals surface area contributed by atoms with Crippen molar-refractivity contribution in [1.29, 1.82) is 0 Å². The molecule has 0 aliphatic rings. The zero-order chi connectivity index (χ0) is 22.9. The number of nitrogens with zero attached hydrogens (tertiary/aromatic N) is 4. The van der Waals surface area contributed by atoms with Gasteiger partial charge in [-0.05, 0) is 61.0 Å². The molecular formula is C22H17F3N4O3. The molecule has 0 fully saturated rings. The highest BCUT2D eigenvalue weighted by Crippen LogP contribution is 2.26. The standard InChI is InChI=1S/C22H17F3N4O3/c1-14-20(30)29(16-5-7-17(8-6-16)32-22(23,24)25)21(31)28(14)13-15-9-11-27-19(12-15)18-4-2-3-10-26-18/h2-12,30H,13H2,1H3. The Labute approximate surface area is 180 Å². The number of aromatic hydroxyl groups is 1. The van der Waals surface area contributed by atoms with Crippen LogP contribution in [-0.4, -0.2) is 30.6 Å². The summed E-state index contributed by atoms with van der Waals surface area (Å²) in [5.41, 5.74) is 2.05. The Morgan fingerprint density at radius 2 is 1.72 bits per heavy atom. The summed E-state index contributed by atoms with van der Waals surface area (Å²) in [5.74, 6) is -0.734. The lowest BCUT2D eigenvalue weighted by molar-refractivity contribution is -0.274. The number of benzene rings is 1. The molecule has 10 heteroatoms. The molecule has 0 aliphatic carbocycles. The van der Waals surface area contributed by atoms with E-state index in [1.54, 1.807) is 37.5 Å². The first-order valence-electron chi connectivity index (χ1n) is 9.46. The number of pyridine rings is 2. The Kier molecular flexibility index (Phi) is 5.43. The fraction of sp³-hybridized carbons (Fsp3) is 0.136. The monoisotopic (exact) mass is 442 g/mol. The van der Waals surface area contributed by atoms with Crippen LogP contribution >= 0.6 is 0 Å². The van der Waals surface area contributed by atoms with Gasteiger partial charge < -0.3 is 9.84 Å². The number of aromatic nitrogens is 4. The number of imidazole rings is 1. The first kappa shape index (κ1) is 21.2. The largest absolute Gasteiger partial charge is 0.573 e. The summed E-state index contributed by atoms with van der Waals surface area (Å²) < 4.78 is 43.3. The lowest BCUT2D eigenvalue weighted by Gasteiger charge is -2.09. The highest BCUT2D eigenvalue weighted by atomic mass is 19.4. The molecule has 1 N–H and O–H groups in total. The van der Waals surface area contributed by atoms with Gasteiger partial charge in [0.05, 0.1) is 29.3 Å². The highest BCUT2D eigenvalue weighted by molar-refractivity contribution is 5.54. The van der Waals surface area contributed by atoms with Crippen molar-refractivity contribution in [2.45, 2.75) is 19.8 Å². The van der Waals surface area contributed by atoms with Crippen LogP contribution in [0.3, 0.4) is 0 Å². The van der Waals surface area contributed by atoms with Crippen LogP contribution in [-0.2, 0) is 6.54 Å². The third-order valence-corrected chi connectivity index (χ3v) is 4.78. The number of halogens is 3. The van der Waals surface area contributed by atoms with Crippen LogP contribution in [0, 0.1) is 6.92 Å². The molecule has 1 aromatic carbocycles. The van der Waals surface area contributed by atoms with Crippen LogP contribution in [0.4, 0.5) is 13.2 Å². The van der Waals surface area contributed by atoms with Gasteiger partial charge in [0.15, 0.2) is 0 Å². The quantitative estimate of drug-likeness (QED) is 0.504. The molecule has 4 rings (SSSR count). The lowest BCUT2D eigenvalue weighted by Crippen LogP contribution is -2.24. The fourth-order valence-corrected chi connectivity index (χ4v) is 3.26. The van der Waals surface area contributed by atoms with Crippen molar-refractivity contribution in [3.63, 3.8) is 0 Å². The molecule has 0 amide bonds. The summed E-state index contributed by atoms with van der Waals surface area (Å²) in [6.07, 6.45) is -1.56. The zero-order valence-electron chi connectivity index (χ0n) is 16.7. The first-order valence-corrected chi connectivity index (χ1v) is 9.46. The molecule has 0 saturated carbocycles. The summed E-state index contributed by atoms with van der Waals surface area (Å²) in [7, 11) is 0. The Morgan fingerprint density at radius 1 is 1.00 bits per heavy atom. The summed E-state index contributed by atoms with van der Waals surface area (Å²) in [5, 5.41) is 10.5. The average molecular weight is 442 g/mol. The van der Waals surface area contributed by atoms with E-state index in [4.69, 9.17) is 0 Å². The average Bonchev–Trinajstić information content (AvgIpc) is 2.97. The maximum Gasteiger partial charge on any atom is 0.573 e. The van der Waals surface area contributed by atoms with Gasteiger partial charge in [-0.1, -0.05) is 6.07 Å². The van der Waals surface area contributed by atoms with E-state index in [9.17, 15) is 23.1 Å². The number of alkyl halides is 3. The van der Waals surface area contributed by atoms with Gasteiger partial charge in [0.1, 0.15) is 5.75 Å². The van der Waals surface area contributed by atoms with Gasteiger partial charge in [0.2, 0.25) is 5.88 Å². The fourth-order valence-electron chi connectivity index (χ4n) is 3.26. The molecule has 0 spiro atoms. The summed E-state index contributed by atoms with van der Waals surface area (Å²) >= 11 is 0. The van der Waals surface area contributed by atoms with E-state index in [0.717, 1.165) is 22.3 Å². The third kappa shape index (κ3) is 4.34. The molecule has 0 saturated heterocycles.